The zero-order valence-corrected chi connectivity index (χ0v) is 16.1. The topological polar surface area (TPSA) is 0 Å². The molecule has 1 heteroatoms. The average molecular weight is 294 g/mol. The molecule has 0 bridgehead atoms. The van der Waals surface area contributed by atoms with Crippen molar-refractivity contribution in [2.45, 2.75) is 68.0 Å². The standard InChI is InChI=1S/C19H35P/c1-13(2)11-20(12-14(3)4)18(8)19(9)10-15(5)16(6)17(19)7/h10,13-14,18H,11-12H2,1-9H3. The molecule has 1 aliphatic carbocycles. The number of hydrogen-bond acceptors (Lipinski definition) is 0. The maximum atomic E-state index is 2.55. The van der Waals surface area contributed by atoms with Gasteiger partial charge in [0.25, 0.3) is 0 Å². The molecule has 0 aromatic rings. The van der Waals surface area contributed by atoms with Crippen molar-refractivity contribution in [1.82, 2.24) is 0 Å². The van der Waals surface area contributed by atoms with E-state index in [0.29, 0.717) is 5.41 Å². The minimum absolute atomic E-state index is 0.0961. The van der Waals surface area contributed by atoms with Crippen LogP contribution in [-0.2, 0) is 0 Å². The summed E-state index contributed by atoms with van der Waals surface area (Å²) in [7, 11) is 0.0961. The fourth-order valence-electron chi connectivity index (χ4n) is 3.51. The van der Waals surface area contributed by atoms with Crippen LogP contribution in [0.25, 0.3) is 0 Å². The fourth-order valence-corrected chi connectivity index (χ4v) is 7.19. The Labute approximate surface area is 128 Å². The van der Waals surface area contributed by atoms with Crippen molar-refractivity contribution in [3.8, 4) is 0 Å². The Kier molecular flexibility index (Phi) is 6.09. The molecule has 0 amide bonds. The first-order valence-corrected chi connectivity index (χ1v) is 9.99. The number of rotatable bonds is 6. The van der Waals surface area contributed by atoms with Crippen molar-refractivity contribution in [1.29, 1.82) is 0 Å². The molecule has 0 aliphatic heterocycles. The highest BCUT2D eigenvalue weighted by molar-refractivity contribution is 7.58. The summed E-state index contributed by atoms with van der Waals surface area (Å²) >= 11 is 0. The Morgan fingerprint density at radius 3 is 1.70 bits per heavy atom. The van der Waals surface area contributed by atoms with Crippen LogP contribution < -0.4 is 0 Å². The van der Waals surface area contributed by atoms with Gasteiger partial charge in [0.05, 0.1) is 0 Å². The van der Waals surface area contributed by atoms with Crippen LogP contribution in [0.4, 0.5) is 0 Å². The third-order valence-electron chi connectivity index (χ3n) is 5.09. The molecule has 20 heavy (non-hydrogen) atoms. The normalized spacial score (nSPS) is 25.1. The van der Waals surface area contributed by atoms with E-state index in [-0.39, 0.29) is 7.92 Å². The highest BCUT2D eigenvalue weighted by atomic mass is 31.1. The van der Waals surface area contributed by atoms with E-state index in [1.54, 1.807) is 5.57 Å². The molecule has 0 radical (unpaired) electrons. The molecule has 116 valence electrons. The van der Waals surface area contributed by atoms with Gasteiger partial charge in [0.1, 0.15) is 0 Å². The molecule has 0 heterocycles. The molecule has 1 rings (SSSR count). The second kappa shape index (κ2) is 6.78. The predicted molar refractivity (Wildman–Crippen MR) is 96.0 cm³/mol. The Morgan fingerprint density at radius 1 is 0.950 bits per heavy atom. The number of hydrogen-bond donors (Lipinski definition) is 0. The van der Waals surface area contributed by atoms with Crippen LogP contribution in [0.3, 0.4) is 0 Å². The zero-order chi connectivity index (χ0) is 15.7. The first-order valence-electron chi connectivity index (χ1n) is 8.21. The molecule has 0 N–H and O–H groups in total. The third-order valence-corrected chi connectivity index (χ3v) is 9.12. The molecule has 0 aromatic heterocycles. The Hall–Kier alpha value is -0.0900. The van der Waals surface area contributed by atoms with Crippen LogP contribution in [0.2, 0.25) is 0 Å². The highest BCUT2D eigenvalue weighted by Gasteiger charge is 2.39. The maximum absolute atomic E-state index is 2.55. The minimum atomic E-state index is 0.0961. The lowest BCUT2D eigenvalue weighted by Crippen LogP contribution is -2.29. The summed E-state index contributed by atoms with van der Waals surface area (Å²) < 4.78 is 0. The average Bonchev–Trinajstić information content (AvgIpc) is 2.51. The number of allylic oxidation sites excluding steroid dienone is 4. The predicted octanol–water partition coefficient (Wildman–Crippen LogP) is 6.47. The first-order chi connectivity index (χ1) is 9.09. The van der Waals surface area contributed by atoms with E-state index in [0.717, 1.165) is 17.5 Å². The fraction of sp³-hybridized carbons (Fsp3) is 0.789. The van der Waals surface area contributed by atoms with Gasteiger partial charge in [-0.1, -0.05) is 58.8 Å². The van der Waals surface area contributed by atoms with Gasteiger partial charge in [-0.15, -0.1) is 7.92 Å². The van der Waals surface area contributed by atoms with E-state index in [2.05, 4.69) is 68.4 Å². The molecule has 1 aliphatic rings. The van der Waals surface area contributed by atoms with Crippen LogP contribution >= 0.6 is 7.92 Å². The summed E-state index contributed by atoms with van der Waals surface area (Å²) in [5.41, 5.74) is 5.73. The molecule has 0 saturated heterocycles. The molecule has 0 nitrogen and oxygen atoms in total. The summed E-state index contributed by atoms with van der Waals surface area (Å²) in [4.78, 5) is 0. The van der Waals surface area contributed by atoms with Crippen molar-refractivity contribution in [2.24, 2.45) is 17.3 Å². The quantitative estimate of drug-likeness (QED) is 0.492. The van der Waals surface area contributed by atoms with Gasteiger partial charge >= 0.3 is 0 Å². The molecule has 0 saturated carbocycles. The van der Waals surface area contributed by atoms with Gasteiger partial charge in [-0.25, -0.2) is 0 Å². The van der Waals surface area contributed by atoms with E-state index in [4.69, 9.17) is 0 Å². The van der Waals surface area contributed by atoms with E-state index < -0.39 is 0 Å². The van der Waals surface area contributed by atoms with Gasteiger partial charge in [0.2, 0.25) is 0 Å². The van der Waals surface area contributed by atoms with Crippen molar-refractivity contribution in [2.75, 3.05) is 12.3 Å². The highest BCUT2D eigenvalue weighted by Crippen LogP contribution is 2.57. The van der Waals surface area contributed by atoms with Crippen molar-refractivity contribution < 1.29 is 0 Å². The Balaban J connectivity index is 3.03. The second-order valence-electron chi connectivity index (χ2n) is 7.78. The molecule has 0 aromatic carbocycles. The van der Waals surface area contributed by atoms with Crippen molar-refractivity contribution >= 4 is 7.92 Å². The van der Waals surface area contributed by atoms with Crippen LogP contribution in [-0.4, -0.2) is 18.0 Å². The molecular formula is C19H35P. The van der Waals surface area contributed by atoms with E-state index in [1.165, 1.54) is 23.5 Å². The summed E-state index contributed by atoms with van der Waals surface area (Å²) in [5, 5.41) is 0. The lowest BCUT2D eigenvalue weighted by atomic mass is 9.82. The van der Waals surface area contributed by atoms with Crippen LogP contribution in [0, 0.1) is 17.3 Å². The van der Waals surface area contributed by atoms with Gasteiger partial charge < -0.3 is 0 Å². The van der Waals surface area contributed by atoms with Crippen LogP contribution in [0.5, 0.6) is 0 Å². The lowest BCUT2D eigenvalue weighted by molar-refractivity contribution is 0.504. The summed E-state index contributed by atoms with van der Waals surface area (Å²) in [6, 6.07) is 0. The van der Waals surface area contributed by atoms with E-state index >= 15 is 0 Å². The third kappa shape index (κ3) is 3.76. The Morgan fingerprint density at radius 2 is 1.40 bits per heavy atom. The van der Waals surface area contributed by atoms with E-state index in [1.807, 2.05) is 0 Å². The SMILES string of the molecule is CC1=CC(C)(C(C)P(CC(C)C)CC(C)C)C(C)=C1C. The monoisotopic (exact) mass is 294 g/mol. The van der Waals surface area contributed by atoms with Gasteiger partial charge in [0.15, 0.2) is 0 Å². The molecule has 2 unspecified atom stereocenters. The summed E-state index contributed by atoms with van der Waals surface area (Å²) in [6.45, 7) is 21.5. The van der Waals surface area contributed by atoms with Crippen molar-refractivity contribution in [3.05, 3.63) is 22.8 Å². The van der Waals surface area contributed by atoms with Gasteiger partial charge in [0, 0.05) is 5.41 Å². The van der Waals surface area contributed by atoms with Gasteiger partial charge in [-0.05, 0) is 56.2 Å². The molecule has 2 atom stereocenters. The summed E-state index contributed by atoms with van der Waals surface area (Å²) in [5.74, 6) is 1.64. The molecule has 0 fully saturated rings. The maximum Gasteiger partial charge on any atom is 0.0136 e. The zero-order valence-electron chi connectivity index (χ0n) is 15.2. The van der Waals surface area contributed by atoms with Gasteiger partial charge in [-0.3, -0.25) is 0 Å². The van der Waals surface area contributed by atoms with E-state index in [9.17, 15) is 0 Å². The first kappa shape index (κ1) is 18.0. The lowest BCUT2D eigenvalue weighted by Gasteiger charge is -2.39. The largest absolute Gasteiger partial charge is 0.102 e. The minimum Gasteiger partial charge on any atom is -0.102 e. The van der Waals surface area contributed by atoms with Gasteiger partial charge in [-0.2, -0.15) is 0 Å². The van der Waals surface area contributed by atoms with Crippen LogP contribution in [0.15, 0.2) is 22.8 Å². The molecular weight excluding hydrogens is 259 g/mol. The Bertz CT molecular complexity index is 390. The van der Waals surface area contributed by atoms with Crippen molar-refractivity contribution in [3.63, 3.8) is 0 Å². The smallest absolute Gasteiger partial charge is 0.0136 e. The van der Waals surface area contributed by atoms with Crippen LogP contribution in [0.1, 0.15) is 62.3 Å². The second-order valence-corrected chi connectivity index (χ2v) is 10.5. The summed E-state index contributed by atoms with van der Waals surface area (Å²) in [6.07, 6.45) is 5.39. The molecule has 0 spiro atoms.